The topological polar surface area (TPSA) is 79.1 Å². The maximum absolute atomic E-state index is 14.1. The first-order valence-corrected chi connectivity index (χ1v) is 15.8. The molecule has 0 saturated carbocycles. The van der Waals surface area contributed by atoms with Gasteiger partial charge in [-0.2, -0.15) is 0 Å². The Hall–Kier alpha value is -3.66. The molecule has 0 amide bonds. The molecule has 0 fully saturated rings. The van der Waals surface area contributed by atoms with Crippen molar-refractivity contribution in [1.82, 2.24) is 4.57 Å². The molecule has 3 aromatic carbocycles. The molecule has 0 saturated heterocycles. The van der Waals surface area contributed by atoms with Crippen molar-refractivity contribution in [3.8, 4) is 11.5 Å². The number of thiazole rings is 1. The van der Waals surface area contributed by atoms with Gasteiger partial charge in [-0.05, 0) is 73.0 Å². The SMILES string of the molecule is CCCC1=C(C(=O)OCC)[C@H](c2cc(Br)ccc2OC)n2c(s/c(=C/c3cccc(OCc4ccc(Cl)cc4)c3)c2=O)=N1. The number of nitrogens with zero attached hydrogens (tertiary/aromatic N) is 2. The van der Waals surface area contributed by atoms with Crippen LogP contribution in [0.25, 0.3) is 6.08 Å². The zero-order chi connectivity index (χ0) is 30.5. The number of rotatable bonds is 10. The molecule has 0 radical (unpaired) electrons. The lowest BCUT2D eigenvalue weighted by Gasteiger charge is -2.27. The van der Waals surface area contributed by atoms with Gasteiger partial charge < -0.3 is 14.2 Å². The first-order chi connectivity index (χ1) is 20.8. The number of ether oxygens (including phenoxy) is 3. The van der Waals surface area contributed by atoms with Gasteiger partial charge in [0.15, 0.2) is 4.80 Å². The molecule has 1 aliphatic heterocycles. The van der Waals surface area contributed by atoms with Crippen molar-refractivity contribution in [2.24, 2.45) is 4.99 Å². The predicted molar refractivity (Wildman–Crippen MR) is 173 cm³/mol. The summed E-state index contributed by atoms with van der Waals surface area (Å²) in [4.78, 5) is 32.9. The molecule has 0 unspecified atom stereocenters. The summed E-state index contributed by atoms with van der Waals surface area (Å²) in [6, 6.07) is 19.8. The third kappa shape index (κ3) is 6.79. The van der Waals surface area contributed by atoms with E-state index in [1.807, 2.05) is 79.7 Å². The normalized spacial score (nSPS) is 14.7. The Kier molecular flexibility index (Phi) is 9.85. The van der Waals surface area contributed by atoms with Crippen LogP contribution in [-0.2, 0) is 16.1 Å². The summed E-state index contributed by atoms with van der Waals surface area (Å²) in [6.45, 7) is 4.37. The van der Waals surface area contributed by atoms with Gasteiger partial charge in [-0.25, -0.2) is 9.79 Å². The van der Waals surface area contributed by atoms with E-state index in [9.17, 15) is 9.59 Å². The molecule has 2 heterocycles. The van der Waals surface area contributed by atoms with Crippen molar-refractivity contribution >= 4 is 50.9 Å². The van der Waals surface area contributed by atoms with Crippen LogP contribution in [0.15, 0.2) is 92.3 Å². The lowest BCUT2D eigenvalue weighted by atomic mass is 9.93. The number of methoxy groups -OCH3 is 1. The first-order valence-electron chi connectivity index (χ1n) is 13.9. The van der Waals surface area contributed by atoms with E-state index in [4.69, 9.17) is 30.8 Å². The maximum Gasteiger partial charge on any atom is 0.338 e. The number of hydrogen-bond acceptors (Lipinski definition) is 7. The van der Waals surface area contributed by atoms with E-state index in [-0.39, 0.29) is 12.2 Å². The minimum absolute atomic E-state index is 0.199. The number of aromatic nitrogens is 1. The Labute approximate surface area is 266 Å². The average Bonchev–Trinajstić information content (AvgIpc) is 3.30. The van der Waals surface area contributed by atoms with Crippen molar-refractivity contribution in [2.45, 2.75) is 39.3 Å². The first kappa shape index (κ1) is 30.8. The third-order valence-corrected chi connectivity index (χ3v) is 8.58. The van der Waals surface area contributed by atoms with E-state index in [0.717, 1.165) is 22.0 Å². The summed E-state index contributed by atoms with van der Waals surface area (Å²) in [5.41, 5.74) is 3.14. The second-order valence-electron chi connectivity index (χ2n) is 9.79. The number of halogens is 2. The fourth-order valence-corrected chi connectivity index (χ4v) is 6.45. The molecule has 43 heavy (non-hydrogen) atoms. The van der Waals surface area contributed by atoms with Gasteiger partial charge in [0.1, 0.15) is 24.1 Å². The molecule has 0 N–H and O–H groups in total. The zero-order valence-electron chi connectivity index (χ0n) is 23.9. The van der Waals surface area contributed by atoms with Crippen LogP contribution in [0.3, 0.4) is 0 Å². The highest BCUT2D eigenvalue weighted by Gasteiger charge is 2.36. The van der Waals surface area contributed by atoms with Gasteiger partial charge in [-0.15, -0.1) is 0 Å². The van der Waals surface area contributed by atoms with Crippen molar-refractivity contribution in [3.05, 3.63) is 124 Å². The molecule has 0 spiro atoms. The van der Waals surface area contributed by atoms with Crippen LogP contribution in [0.5, 0.6) is 11.5 Å². The molecular formula is C33H30BrClN2O5S. The van der Waals surface area contributed by atoms with E-state index in [1.54, 1.807) is 18.6 Å². The highest BCUT2D eigenvalue weighted by atomic mass is 79.9. The van der Waals surface area contributed by atoms with E-state index < -0.39 is 12.0 Å². The monoisotopic (exact) mass is 680 g/mol. The summed E-state index contributed by atoms with van der Waals surface area (Å²) in [5, 5.41) is 0.670. The molecule has 0 bridgehead atoms. The molecule has 5 rings (SSSR count). The Morgan fingerprint density at radius 2 is 1.91 bits per heavy atom. The highest BCUT2D eigenvalue weighted by molar-refractivity contribution is 9.10. The van der Waals surface area contributed by atoms with Crippen LogP contribution in [0.4, 0.5) is 0 Å². The fourth-order valence-electron chi connectivity index (χ4n) is 4.93. The largest absolute Gasteiger partial charge is 0.496 e. The van der Waals surface area contributed by atoms with E-state index in [2.05, 4.69) is 15.9 Å². The molecule has 7 nitrogen and oxygen atoms in total. The summed E-state index contributed by atoms with van der Waals surface area (Å²) >= 11 is 10.8. The molecule has 4 aromatic rings. The molecule has 1 aliphatic rings. The average molecular weight is 682 g/mol. The second-order valence-corrected chi connectivity index (χ2v) is 12.1. The number of carbonyl (C=O) groups is 1. The summed E-state index contributed by atoms with van der Waals surface area (Å²) in [6.07, 6.45) is 3.14. The van der Waals surface area contributed by atoms with Gasteiger partial charge in [0, 0.05) is 15.1 Å². The maximum atomic E-state index is 14.1. The van der Waals surface area contributed by atoms with Crippen LogP contribution in [0.1, 0.15) is 49.4 Å². The van der Waals surface area contributed by atoms with E-state index in [0.29, 0.717) is 55.7 Å². The lowest BCUT2D eigenvalue weighted by molar-refractivity contribution is -0.139. The van der Waals surface area contributed by atoms with Crippen LogP contribution >= 0.6 is 38.9 Å². The van der Waals surface area contributed by atoms with Gasteiger partial charge in [-0.3, -0.25) is 9.36 Å². The smallest absolute Gasteiger partial charge is 0.338 e. The van der Waals surface area contributed by atoms with Gasteiger partial charge in [-0.1, -0.05) is 76.5 Å². The molecule has 222 valence electrons. The van der Waals surface area contributed by atoms with Gasteiger partial charge in [0.2, 0.25) is 0 Å². The van der Waals surface area contributed by atoms with Crippen LogP contribution in [-0.4, -0.2) is 24.3 Å². The Balaban J connectivity index is 1.62. The molecule has 1 aromatic heterocycles. The molecule has 1 atom stereocenters. The zero-order valence-corrected chi connectivity index (χ0v) is 27.1. The van der Waals surface area contributed by atoms with Crippen molar-refractivity contribution in [3.63, 3.8) is 0 Å². The van der Waals surface area contributed by atoms with Crippen molar-refractivity contribution in [2.75, 3.05) is 13.7 Å². The minimum Gasteiger partial charge on any atom is -0.496 e. The number of benzene rings is 3. The second kappa shape index (κ2) is 13.8. The van der Waals surface area contributed by atoms with Crippen molar-refractivity contribution in [1.29, 1.82) is 0 Å². The summed E-state index contributed by atoms with van der Waals surface area (Å²) in [7, 11) is 1.57. The standard InChI is InChI=1S/C33H30BrClN2O5S/c1-4-7-26-29(32(39)41-5-2)30(25-18-22(34)12-15-27(25)40-3)37-31(38)28(43-33(37)36-26)17-21-8-6-9-24(16-21)42-19-20-10-13-23(35)14-11-20/h6,8-18,30H,4-5,7,19H2,1-3H3/b28-17+/t30-/m0/s1. The van der Waals surface area contributed by atoms with Crippen LogP contribution < -0.4 is 24.4 Å². The van der Waals surface area contributed by atoms with Gasteiger partial charge in [0.05, 0.1) is 29.5 Å². The van der Waals surface area contributed by atoms with Crippen LogP contribution in [0.2, 0.25) is 5.02 Å². The molecular weight excluding hydrogens is 652 g/mol. The molecule has 10 heteroatoms. The van der Waals surface area contributed by atoms with E-state index in [1.165, 1.54) is 11.3 Å². The Bertz CT molecular complexity index is 1860. The number of esters is 1. The van der Waals surface area contributed by atoms with Crippen molar-refractivity contribution < 1.29 is 19.0 Å². The number of fused-ring (bicyclic) bond motifs is 1. The molecule has 0 aliphatic carbocycles. The minimum atomic E-state index is -0.777. The quantitative estimate of drug-likeness (QED) is 0.177. The lowest BCUT2D eigenvalue weighted by Crippen LogP contribution is -2.40. The highest BCUT2D eigenvalue weighted by Crippen LogP contribution is 2.38. The number of hydrogen-bond donors (Lipinski definition) is 0. The fraction of sp³-hybridized carbons (Fsp3) is 0.242. The predicted octanol–water partition coefficient (Wildman–Crippen LogP) is 6.58. The van der Waals surface area contributed by atoms with Gasteiger partial charge >= 0.3 is 5.97 Å². The third-order valence-electron chi connectivity index (χ3n) is 6.85. The summed E-state index contributed by atoms with van der Waals surface area (Å²) < 4.78 is 20.0. The Morgan fingerprint density at radius 1 is 1.12 bits per heavy atom. The summed E-state index contributed by atoms with van der Waals surface area (Å²) in [5.74, 6) is 0.720. The van der Waals surface area contributed by atoms with E-state index >= 15 is 0 Å². The Morgan fingerprint density at radius 3 is 2.63 bits per heavy atom. The van der Waals surface area contributed by atoms with Gasteiger partial charge in [0.25, 0.3) is 5.56 Å². The number of carbonyl (C=O) groups excluding carboxylic acids is 1. The number of allylic oxidation sites excluding steroid dienone is 1. The van der Waals surface area contributed by atoms with Crippen LogP contribution in [0, 0.1) is 0 Å².